The van der Waals surface area contributed by atoms with Crippen LogP contribution in [0.25, 0.3) is 11.5 Å². The number of amides is 1. The summed E-state index contributed by atoms with van der Waals surface area (Å²) in [5.41, 5.74) is 3.99. The second-order valence-corrected chi connectivity index (χ2v) is 5.89. The minimum absolute atomic E-state index is 0.0487. The Labute approximate surface area is 145 Å². The van der Waals surface area contributed by atoms with Gasteiger partial charge in [0.1, 0.15) is 5.75 Å². The van der Waals surface area contributed by atoms with Crippen LogP contribution < -0.4 is 10.1 Å². The molecule has 0 spiro atoms. The second-order valence-electron chi connectivity index (χ2n) is 5.89. The number of carbonyl (C=O) groups excluding carboxylic acids is 1. The fourth-order valence-corrected chi connectivity index (χ4v) is 2.51. The molecule has 0 bridgehead atoms. The number of para-hydroxylation sites is 1. The van der Waals surface area contributed by atoms with Crippen molar-refractivity contribution in [3.05, 3.63) is 59.2 Å². The van der Waals surface area contributed by atoms with Gasteiger partial charge in [-0.25, -0.2) is 0 Å². The van der Waals surface area contributed by atoms with Crippen LogP contribution in [0.5, 0.6) is 5.75 Å². The van der Waals surface area contributed by atoms with Crippen LogP contribution in [-0.4, -0.2) is 22.7 Å². The minimum Gasteiger partial charge on any atom is -0.483 e. The van der Waals surface area contributed by atoms with Crippen LogP contribution >= 0.6 is 0 Å². The Hall–Kier alpha value is -3.15. The Morgan fingerprint density at radius 1 is 1.08 bits per heavy atom. The van der Waals surface area contributed by atoms with Gasteiger partial charge in [-0.15, -0.1) is 5.10 Å². The van der Waals surface area contributed by atoms with Crippen LogP contribution in [0.4, 0.5) is 6.01 Å². The average Bonchev–Trinajstić information content (AvgIpc) is 3.02. The van der Waals surface area contributed by atoms with E-state index in [1.807, 2.05) is 57.2 Å². The Bertz CT molecular complexity index is 882. The van der Waals surface area contributed by atoms with Crippen molar-refractivity contribution in [2.45, 2.75) is 20.8 Å². The van der Waals surface area contributed by atoms with E-state index in [0.717, 1.165) is 22.3 Å². The monoisotopic (exact) mass is 337 g/mol. The number of hydrogen-bond acceptors (Lipinski definition) is 5. The van der Waals surface area contributed by atoms with E-state index in [-0.39, 0.29) is 18.5 Å². The number of aromatic nitrogens is 2. The van der Waals surface area contributed by atoms with E-state index in [2.05, 4.69) is 21.6 Å². The lowest BCUT2D eigenvalue weighted by Gasteiger charge is -2.07. The molecule has 0 aliphatic heterocycles. The van der Waals surface area contributed by atoms with Crippen molar-refractivity contribution in [1.82, 2.24) is 10.2 Å². The number of hydrogen-bond donors (Lipinski definition) is 1. The summed E-state index contributed by atoms with van der Waals surface area (Å²) in [6.07, 6.45) is 0. The highest BCUT2D eigenvalue weighted by molar-refractivity contribution is 5.89. The number of ether oxygens (including phenoxy) is 1. The highest BCUT2D eigenvalue weighted by Crippen LogP contribution is 2.22. The number of rotatable bonds is 5. The summed E-state index contributed by atoms with van der Waals surface area (Å²) in [5, 5.41) is 10.4. The number of nitrogens with one attached hydrogen (secondary N) is 1. The zero-order valence-corrected chi connectivity index (χ0v) is 14.4. The van der Waals surface area contributed by atoms with Gasteiger partial charge in [0.25, 0.3) is 5.91 Å². The Kier molecular flexibility index (Phi) is 4.79. The van der Waals surface area contributed by atoms with Gasteiger partial charge in [-0.1, -0.05) is 40.5 Å². The maximum absolute atomic E-state index is 12.0. The highest BCUT2D eigenvalue weighted by Gasteiger charge is 2.12. The fraction of sp³-hybridized carbons (Fsp3) is 0.211. The average molecular weight is 337 g/mol. The first-order valence-corrected chi connectivity index (χ1v) is 7.92. The summed E-state index contributed by atoms with van der Waals surface area (Å²) >= 11 is 0. The Morgan fingerprint density at radius 3 is 2.52 bits per heavy atom. The molecule has 3 rings (SSSR count). The first-order valence-electron chi connectivity index (χ1n) is 7.92. The van der Waals surface area contributed by atoms with Crippen molar-refractivity contribution in [3.63, 3.8) is 0 Å². The number of carbonyl (C=O) groups is 1. The summed E-state index contributed by atoms with van der Waals surface area (Å²) in [6, 6.07) is 13.5. The number of aryl methyl sites for hydroxylation is 3. The highest BCUT2D eigenvalue weighted by atomic mass is 16.5. The van der Waals surface area contributed by atoms with Gasteiger partial charge >= 0.3 is 6.01 Å². The van der Waals surface area contributed by atoms with Gasteiger partial charge < -0.3 is 9.15 Å². The molecule has 128 valence electrons. The fourth-order valence-electron chi connectivity index (χ4n) is 2.51. The van der Waals surface area contributed by atoms with Gasteiger partial charge in [0.15, 0.2) is 6.61 Å². The van der Waals surface area contributed by atoms with Crippen molar-refractivity contribution in [2.24, 2.45) is 0 Å². The molecule has 0 unspecified atom stereocenters. The smallest absolute Gasteiger partial charge is 0.322 e. The molecule has 1 heterocycles. The number of anilines is 1. The van der Waals surface area contributed by atoms with Gasteiger partial charge in [0, 0.05) is 5.56 Å². The quantitative estimate of drug-likeness (QED) is 0.768. The van der Waals surface area contributed by atoms with Gasteiger partial charge in [-0.05, 0) is 44.5 Å². The van der Waals surface area contributed by atoms with Crippen molar-refractivity contribution in [1.29, 1.82) is 0 Å². The van der Waals surface area contributed by atoms with Gasteiger partial charge in [0.05, 0.1) is 0 Å². The van der Waals surface area contributed by atoms with Crippen LogP contribution in [0.2, 0.25) is 0 Å². The zero-order chi connectivity index (χ0) is 17.8. The van der Waals surface area contributed by atoms with Crippen LogP contribution in [0, 0.1) is 20.8 Å². The summed E-state index contributed by atoms with van der Waals surface area (Å²) in [5.74, 6) is 0.667. The van der Waals surface area contributed by atoms with E-state index in [1.54, 1.807) is 0 Å². The second kappa shape index (κ2) is 7.17. The van der Waals surface area contributed by atoms with Crippen molar-refractivity contribution >= 4 is 11.9 Å². The lowest BCUT2D eigenvalue weighted by molar-refractivity contribution is -0.118. The van der Waals surface area contributed by atoms with Crippen LogP contribution in [-0.2, 0) is 4.79 Å². The molecule has 1 amide bonds. The summed E-state index contributed by atoms with van der Waals surface area (Å²) < 4.78 is 11.0. The summed E-state index contributed by atoms with van der Waals surface area (Å²) in [6.45, 7) is 5.78. The van der Waals surface area contributed by atoms with E-state index < -0.39 is 0 Å². The number of benzene rings is 2. The molecule has 6 nitrogen and oxygen atoms in total. The van der Waals surface area contributed by atoms with Crippen LogP contribution in [0.3, 0.4) is 0 Å². The standard InChI is InChI=1S/C19H19N3O3/c1-12-8-13(2)10-15(9-12)18-21-22-19(25-18)20-17(23)11-24-16-7-5-4-6-14(16)3/h4-10H,11H2,1-3H3,(H,20,22,23). The Balaban J connectivity index is 1.63. The first-order chi connectivity index (χ1) is 12.0. The van der Waals surface area contributed by atoms with Crippen molar-refractivity contribution in [2.75, 3.05) is 11.9 Å². The molecule has 0 atom stereocenters. The maximum atomic E-state index is 12.0. The molecule has 0 aliphatic rings. The molecule has 0 saturated carbocycles. The molecule has 0 fully saturated rings. The molecule has 2 aromatic carbocycles. The molecule has 25 heavy (non-hydrogen) atoms. The van der Waals surface area contributed by atoms with Gasteiger partial charge in [0.2, 0.25) is 5.89 Å². The van der Waals surface area contributed by atoms with E-state index >= 15 is 0 Å². The van der Waals surface area contributed by atoms with Crippen molar-refractivity contribution in [3.8, 4) is 17.2 Å². The largest absolute Gasteiger partial charge is 0.483 e. The molecule has 1 aromatic heterocycles. The van der Waals surface area contributed by atoms with Crippen LogP contribution in [0.15, 0.2) is 46.9 Å². The molecule has 6 heteroatoms. The number of nitrogens with zero attached hydrogens (tertiary/aromatic N) is 2. The normalized spacial score (nSPS) is 10.5. The predicted octanol–water partition coefficient (Wildman–Crippen LogP) is 3.68. The maximum Gasteiger partial charge on any atom is 0.322 e. The molecule has 0 aliphatic carbocycles. The SMILES string of the molecule is Cc1cc(C)cc(-c2nnc(NC(=O)COc3ccccc3C)o2)c1. The van der Waals surface area contributed by atoms with E-state index in [0.29, 0.717) is 11.6 Å². The molecule has 3 aromatic rings. The van der Waals surface area contributed by atoms with Crippen LogP contribution in [0.1, 0.15) is 16.7 Å². The van der Waals surface area contributed by atoms with Gasteiger partial charge in [-0.3, -0.25) is 10.1 Å². The third kappa shape index (κ3) is 4.23. The molecule has 0 radical (unpaired) electrons. The van der Waals surface area contributed by atoms with E-state index in [9.17, 15) is 4.79 Å². The lowest BCUT2D eigenvalue weighted by Crippen LogP contribution is -2.20. The third-order valence-corrected chi connectivity index (χ3v) is 3.59. The summed E-state index contributed by atoms with van der Waals surface area (Å²) in [4.78, 5) is 12.0. The zero-order valence-electron chi connectivity index (χ0n) is 14.4. The van der Waals surface area contributed by atoms with Crippen molar-refractivity contribution < 1.29 is 13.9 Å². The van der Waals surface area contributed by atoms with E-state index in [4.69, 9.17) is 9.15 Å². The minimum atomic E-state index is -0.362. The lowest BCUT2D eigenvalue weighted by atomic mass is 10.1. The summed E-state index contributed by atoms with van der Waals surface area (Å²) in [7, 11) is 0. The third-order valence-electron chi connectivity index (χ3n) is 3.59. The first kappa shape index (κ1) is 16.7. The topological polar surface area (TPSA) is 77.2 Å². The molecule has 1 N–H and O–H groups in total. The van der Waals surface area contributed by atoms with Gasteiger partial charge in [-0.2, -0.15) is 0 Å². The predicted molar refractivity (Wildman–Crippen MR) is 94.5 cm³/mol. The molecule has 0 saturated heterocycles. The molecular formula is C19H19N3O3. The molecular weight excluding hydrogens is 318 g/mol. The Morgan fingerprint density at radius 2 is 1.80 bits per heavy atom. The van der Waals surface area contributed by atoms with E-state index in [1.165, 1.54) is 0 Å².